The lowest BCUT2D eigenvalue weighted by molar-refractivity contribution is 0.310. The van der Waals surface area contributed by atoms with Crippen molar-refractivity contribution in [2.75, 3.05) is 34.5 Å². The van der Waals surface area contributed by atoms with Gasteiger partial charge in [0.25, 0.3) is 0 Å². The zero-order chi connectivity index (χ0) is 18.9. The van der Waals surface area contributed by atoms with E-state index in [1.165, 1.54) is 5.56 Å². The van der Waals surface area contributed by atoms with Crippen molar-refractivity contribution in [3.63, 3.8) is 0 Å². The van der Waals surface area contributed by atoms with Crippen molar-refractivity contribution in [1.82, 2.24) is 5.32 Å². The van der Waals surface area contributed by atoms with E-state index in [0.717, 1.165) is 52.5 Å². The van der Waals surface area contributed by atoms with Crippen LogP contribution in [0.3, 0.4) is 0 Å². The second kappa shape index (κ2) is 10.3. The number of rotatable bonds is 10. The Morgan fingerprint density at radius 3 is 2.23 bits per heavy atom. The lowest BCUT2D eigenvalue weighted by Gasteiger charge is -2.14. The molecule has 26 heavy (non-hydrogen) atoms. The third-order valence-electron chi connectivity index (χ3n) is 3.99. The van der Waals surface area contributed by atoms with Crippen LogP contribution in [0.4, 0.5) is 0 Å². The topological polar surface area (TPSA) is 49.0 Å². The highest BCUT2D eigenvalue weighted by Crippen LogP contribution is 2.33. The van der Waals surface area contributed by atoms with Crippen LogP contribution in [0.5, 0.6) is 23.0 Å². The van der Waals surface area contributed by atoms with Crippen molar-refractivity contribution in [2.24, 2.45) is 0 Å². The maximum atomic E-state index is 5.65. The monoisotopic (exact) mass is 423 g/mol. The first-order valence-corrected chi connectivity index (χ1v) is 9.33. The molecule has 2 rings (SSSR count). The summed E-state index contributed by atoms with van der Waals surface area (Å²) in [6, 6.07) is 9.95. The molecule has 0 fully saturated rings. The number of nitrogens with one attached hydrogen (secondary N) is 1. The van der Waals surface area contributed by atoms with Gasteiger partial charge in [-0.3, -0.25) is 0 Å². The Labute approximate surface area is 163 Å². The van der Waals surface area contributed by atoms with Gasteiger partial charge in [0.1, 0.15) is 0 Å². The van der Waals surface area contributed by atoms with Crippen LogP contribution in [-0.2, 0) is 13.0 Å². The molecule has 0 heterocycles. The van der Waals surface area contributed by atoms with Crippen LogP contribution in [0.1, 0.15) is 18.1 Å². The maximum absolute atomic E-state index is 5.65. The molecular formula is C20H26BrNO4. The number of hydrogen-bond donors (Lipinski definition) is 1. The number of halogens is 1. The molecule has 142 valence electrons. The largest absolute Gasteiger partial charge is 0.493 e. The minimum absolute atomic E-state index is 0.601. The van der Waals surface area contributed by atoms with Gasteiger partial charge in [-0.15, -0.1) is 0 Å². The quantitative estimate of drug-likeness (QED) is 0.580. The molecule has 0 saturated carbocycles. The average Bonchev–Trinajstić information content (AvgIpc) is 2.66. The molecule has 0 bridgehead atoms. The van der Waals surface area contributed by atoms with Crippen LogP contribution in [0.25, 0.3) is 0 Å². The van der Waals surface area contributed by atoms with Gasteiger partial charge in [0, 0.05) is 11.0 Å². The molecule has 6 heteroatoms. The molecule has 2 aromatic rings. The van der Waals surface area contributed by atoms with E-state index in [4.69, 9.17) is 18.9 Å². The van der Waals surface area contributed by atoms with E-state index in [0.29, 0.717) is 6.61 Å². The summed E-state index contributed by atoms with van der Waals surface area (Å²) in [5, 5.41) is 3.47. The molecule has 0 radical (unpaired) electrons. The lowest BCUT2D eigenvalue weighted by atomic mass is 10.1. The van der Waals surface area contributed by atoms with Crippen LogP contribution >= 0.6 is 15.9 Å². The summed E-state index contributed by atoms with van der Waals surface area (Å²) in [5.41, 5.74) is 2.32. The van der Waals surface area contributed by atoms with E-state index in [-0.39, 0.29) is 0 Å². The van der Waals surface area contributed by atoms with Gasteiger partial charge >= 0.3 is 0 Å². The fraction of sp³-hybridized carbons (Fsp3) is 0.400. The molecule has 0 aliphatic carbocycles. The van der Waals surface area contributed by atoms with Crippen LogP contribution < -0.4 is 24.3 Å². The van der Waals surface area contributed by atoms with E-state index in [2.05, 4.69) is 27.3 Å². The first-order chi connectivity index (χ1) is 12.6. The van der Waals surface area contributed by atoms with Crippen molar-refractivity contribution >= 4 is 15.9 Å². The molecule has 5 nitrogen and oxygen atoms in total. The van der Waals surface area contributed by atoms with E-state index in [1.54, 1.807) is 21.3 Å². The van der Waals surface area contributed by atoms with E-state index in [1.807, 2.05) is 31.2 Å². The Bertz CT molecular complexity index is 721. The minimum Gasteiger partial charge on any atom is -0.493 e. The van der Waals surface area contributed by atoms with Gasteiger partial charge in [-0.05, 0) is 55.3 Å². The van der Waals surface area contributed by atoms with Gasteiger partial charge in [-0.25, -0.2) is 0 Å². The standard InChI is InChI=1S/C20H26BrNO4/c1-5-26-20-11-15(16(21)12-19(20)25-4)13-22-9-8-14-6-7-17(23-2)18(10-14)24-3/h6-7,10-12,22H,5,8-9,13H2,1-4H3. The third-order valence-corrected chi connectivity index (χ3v) is 4.72. The predicted molar refractivity (Wildman–Crippen MR) is 107 cm³/mol. The summed E-state index contributed by atoms with van der Waals surface area (Å²) >= 11 is 3.60. The molecule has 0 aliphatic heterocycles. The van der Waals surface area contributed by atoms with Crippen molar-refractivity contribution < 1.29 is 18.9 Å². The predicted octanol–water partition coefficient (Wildman–Crippen LogP) is 4.21. The van der Waals surface area contributed by atoms with Crippen LogP contribution in [-0.4, -0.2) is 34.5 Å². The van der Waals surface area contributed by atoms with Gasteiger partial charge in [0.05, 0.1) is 27.9 Å². The molecule has 0 spiro atoms. The summed E-state index contributed by atoms with van der Waals surface area (Å²) in [6.07, 6.45) is 0.895. The third kappa shape index (κ3) is 5.29. The highest BCUT2D eigenvalue weighted by Gasteiger charge is 2.10. The SMILES string of the molecule is CCOc1cc(CNCCc2ccc(OC)c(OC)c2)c(Br)cc1OC. The first kappa shape index (κ1) is 20.4. The minimum atomic E-state index is 0.601. The fourth-order valence-corrected chi connectivity index (χ4v) is 3.10. The van der Waals surface area contributed by atoms with Gasteiger partial charge in [0.15, 0.2) is 23.0 Å². The molecule has 0 aromatic heterocycles. The number of methoxy groups -OCH3 is 3. The summed E-state index contributed by atoms with van der Waals surface area (Å²) in [5.74, 6) is 2.99. The second-order valence-corrected chi connectivity index (χ2v) is 6.50. The van der Waals surface area contributed by atoms with Crippen molar-refractivity contribution in [2.45, 2.75) is 19.9 Å². The molecule has 0 aliphatic rings. The fourth-order valence-electron chi connectivity index (χ4n) is 2.63. The van der Waals surface area contributed by atoms with Crippen molar-refractivity contribution in [1.29, 1.82) is 0 Å². The molecule has 0 unspecified atom stereocenters. The molecule has 0 saturated heterocycles. The Balaban J connectivity index is 1.94. The number of benzene rings is 2. The molecule has 2 aromatic carbocycles. The van der Waals surface area contributed by atoms with Crippen molar-refractivity contribution in [3.05, 3.63) is 45.9 Å². The zero-order valence-corrected chi connectivity index (χ0v) is 17.3. The summed E-state index contributed by atoms with van der Waals surface area (Å²) in [7, 11) is 4.94. The Morgan fingerprint density at radius 2 is 1.58 bits per heavy atom. The molecule has 0 amide bonds. The number of hydrogen-bond acceptors (Lipinski definition) is 5. The molecule has 0 atom stereocenters. The Kier molecular flexibility index (Phi) is 8.06. The van der Waals surface area contributed by atoms with Gasteiger partial charge < -0.3 is 24.3 Å². The highest BCUT2D eigenvalue weighted by molar-refractivity contribution is 9.10. The second-order valence-electron chi connectivity index (χ2n) is 5.64. The summed E-state index contributed by atoms with van der Waals surface area (Å²) in [4.78, 5) is 0. The van der Waals surface area contributed by atoms with Gasteiger partial charge in [-0.2, -0.15) is 0 Å². The zero-order valence-electron chi connectivity index (χ0n) is 15.7. The van der Waals surface area contributed by atoms with Gasteiger partial charge in [0.2, 0.25) is 0 Å². The van der Waals surface area contributed by atoms with Gasteiger partial charge in [-0.1, -0.05) is 22.0 Å². The van der Waals surface area contributed by atoms with Crippen molar-refractivity contribution in [3.8, 4) is 23.0 Å². The smallest absolute Gasteiger partial charge is 0.161 e. The highest BCUT2D eigenvalue weighted by atomic mass is 79.9. The van der Waals surface area contributed by atoms with E-state index >= 15 is 0 Å². The Morgan fingerprint density at radius 1 is 0.885 bits per heavy atom. The summed E-state index contributed by atoms with van der Waals surface area (Å²) in [6.45, 7) is 4.14. The average molecular weight is 424 g/mol. The lowest BCUT2D eigenvalue weighted by Crippen LogP contribution is -2.17. The van der Waals surface area contributed by atoms with Crippen LogP contribution in [0.15, 0.2) is 34.8 Å². The van der Waals surface area contributed by atoms with Crippen LogP contribution in [0, 0.1) is 0 Å². The molecular weight excluding hydrogens is 398 g/mol. The normalized spacial score (nSPS) is 10.5. The first-order valence-electron chi connectivity index (χ1n) is 8.53. The number of ether oxygens (including phenoxy) is 4. The van der Waals surface area contributed by atoms with Crippen LogP contribution in [0.2, 0.25) is 0 Å². The van der Waals surface area contributed by atoms with E-state index < -0.39 is 0 Å². The maximum Gasteiger partial charge on any atom is 0.161 e. The molecule has 1 N–H and O–H groups in total. The Hall–Kier alpha value is -1.92. The summed E-state index contributed by atoms with van der Waals surface area (Å²) < 4.78 is 22.6. The van der Waals surface area contributed by atoms with E-state index in [9.17, 15) is 0 Å².